The quantitative estimate of drug-likeness (QED) is 0.650. The second-order valence-electron chi connectivity index (χ2n) is 4.69. The van der Waals surface area contributed by atoms with Crippen molar-refractivity contribution in [1.29, 1.82) is 0 Å². The van der Waals surface area contributed by atoms with Gasteiger partial charge in [-0.05, 0) is 38.1 Å². The molecule has 0 bridgehead atoms. The predicted octanol–water partition coefficient (Wildman–Crippen LogP) is 2.50. The SMILES string of the molecule is COc1ccc(NC(=O)[C@H](C)Sc2nc(C)cc(N)n2)cc1. The standard InChI is InChI=1S/C15H18N4O2S/c1-9-8-13(16)19-15(17-9)22-10(2)14(20)18-11-4-6-12(21-3)7-5-11/h4-8,10H,1-3H3,(H,18,20)(H2,16,17,19)/t10-/m0/s1. The van der Waals surface area contributed by atoms with Crippen LogP contribution in [-0.2, 0) is 4.79 Å². The van der Waals surface area contributed by atoms with Gasteiger partial charge in [0.05, 0.1) is 12.4 Å². The van der Waals surface area contributed by atoms with E-state index in [1.807, 2.05) is 6.92 Å². The molecule has 0 saturated carbocycles. The van der Waals surface area contributed by atoms with Gasteiger partial charge in [0, 0.05) is 17.4 Å². The molecule has 0 fully saturated rings. The van der Waals surface area contributed by atoms with Crippen LogP contribution < -0.4 is 15.8 Å². The first kappa shape index (κ1) is 16.1. The Morgan fingerprint density at radius 2 is 2.00 bits per heavy atom. The number of nitrogens with two attached hydrogens (primary N) is 1. The molecule has 2 rings (SSSR count). The van der Waals surface area contributed by atoms with Gasteiger partial charge in [-0.3, -0.25) is 4.79 Å². The van der Waals surface area contributed by atoms with Crippen molar-refractivity contribution in [3.8, 4) is 5.75 Å². The topological polar surface area (TPSA) is 90.1 Å². The van der Waals surface area contributed by atoms with Gasteiger partial charge in [0.2, 0.25) is 5.91 Å². The number of amides is 1. The van der Waals surface area contributed by atoms with Gasteiger partial charge in [-0.2, -0.15) is 0 Å². The number of nitrogens with zero attached hydrogens (tertiary/aromatic N) is 2. The number of anilines is 2. The molecule has 6 nitrogen and oxygen atoms in total. The number of carbonyl (C=O) groups is 1. The number of aryl methyl sites for hydroxylation is 1. The summed E-state index contributed by atoms with van der Waals surface area (Å²) in [6.07, 6.45) is 0. The minimum atomic E-state index is -0.344. The second kappa shape index (κ2) is 7.13. The van der Waals surface area contributed by atoms with Gasteiger partial charge in [-0.25, -0.2) is 9.97 Å². The highest BCUT2D eigenvalue weighted by molar-refractivity contribution is 8.00. The van der Waals surface area contributed by atoms with E-state index in [2.05, 4.69) is 15.3 Å². The van der Waals surface area contributed by atoms with E-state index in [4.69, 9.17) is 10.5 Å². The summed E-state index contributed by atoms with van der Waals surface area (Å²) in [5.41, 5.74) is 7.17. The number of rotatable bonds is 5. The molecule has 0 radical (unpaired) electrons. The highest BCUT2D eigenvalue weighted by Crippen LogP contribution is 2.22. The lowest BCUT2D eigenvalue weighted by molar-refractivity contribution is -0.115. The fourth-order valence-electron chi connectivity index (χ4n) is 1.75. The molecule has 1 heterocycles. The molecule has 1 aromatic heterocycles. The predicted molar refractivity (Wildman–Crippen MR) is 88.1 cm³/mol. The van der Waals surface area contributed by atoms with Crippen molar-refractivity contribution in [2.24, 2.45) is 0 Å². The van der Waals surface area contributed by atoms with Crippen LogP contribution in [0.15, 0.2) is 35.5 Å². The number of carbonyl (C=O) groups excluding carboxylic acids is 1. The zero-order valence-corrected chi connectivity index (χ0v) is 13.5. The highest BCUT2D eigenvalue weighted by Gasteiger charge is 2.16. The third-order valence-electron chi connectivity index (χ3n) is 2.86. The Bertz CT molecular complexity index is 641. The van der Waals surface area contributed by atoms with E-state index in [0.29, 0.717) is 16.7 Å². The number of methoxy groups -OCH3 is 1. The highest BCUT2D eigenvalue weighted by atomic mass is 32.2. The molecule has 0 aliphatic carbocycles. The lowest BCUT2D eigenvalue weighted by atomic mass is 10.3. The van der Waals surface area contributed by atoms with Crippen molar-refractivity contribution < 1.29 is 9.53 Å². The Hall–Kier alpha value is -2.28. The molecule has 1 atom stereocenters. The van der Waals surface area contributed by atoms with E-state index in [1.54, 1.807) is 44.4 Å². The van der Waals surface area contributed by atoms with Crippen LogP contribution in [0.3, 0.4) is 0 Å². The number of aromatic nitrogens is 2. The first-order valence-electron chi connectivity index (χ1n) is 6.70. The molecule has 1 aromatic carbocycles. The summed E-state index contributed by atoms with van der Waals surface area (Å²) < 4.78 is 5.08. The van der Waals surface area contributed by atoms with Crippen molar-refractivity contribution in [2.45, 2.75) is 24.3 Å². The maximum Gasteiger partial charge on any atom is 0.237 e. The molecule has 3 N–H and O–H groups in total. The van der Waals surface area contributed by atoms with Crippen molar-refractivity contribution in [3.63, 3.8) is 0 Å². The number of hydrogen-bond donors (Lipinski definition) is 2. The van der Waals surface area contributed by atoms with Gasteiger partial charge in [-0.15, -0.1) is 0 Å². The van der Waals surface area contributed by atoms with E-state index in [9.17, 15) is 4.79 Å². The van der Waals surface area contributed by atoms with Crippen molar-refractivity contribution in [1.82, 2.24) is 9.97 Å². The average molecular weight is 318 g/mol. The van der Waals surface area contributed by atoms with Gasteiger partial charge in [-0.1, -0.05) is 11.8 Å². The van der Waals surface area contributed by atoms with Crippen molar-refractivity contribution >= 4 is 29.2 Å². The largest absolute Gasteiger partial charge is 0.497 e. The number of ether oxygens (including phenoxy) is 1. The molecule has 7 heteroatoms. The Labute approximate surface area is 133 Å². The molecule has 116 valence electrons. The summed E-state index contributed by atoms with van der Waals surface area (Å²) in [6, 6.07) is 8.84. The maximum absolute atomic E-state index is 12.2. The van der Waals surface area contributed by atoms with Gasteiger partial charge in [0.1, 0.15) is 11.6 Å². The molecule has 0 aliphatic rings. The minimum absolute atomic E-state index is 0.126. The number of thioether (sulfide) groups is 1. The average Bonchev–Trinajstić information content (AvgIpc) is 2.46. The number of hydrogen-bond acceptors (Lipinski definition) is 6. The van der Waals surface area contributed by atoms with Crippen LogP contribution in [0.1, 0.15) is 12.6 Å². The normalized spacial score (nSPS) is 11.8. The van der Waals surface area contributed by atoms with Crippen LogP contribution in [0.25, 0.3) is 0 Å². The fraction of sp³-hybridized carbons (Fsp3) is 0.267. The van der Waals surface area contributed by atoms with Crippen LogP contribution in [0.2, 0.25) is 0 Å². The Morgan fingerprint density at radius 3 is 2.59 bits per heavy atom. The minimum Gasteiger partial charge on any atom is -0.497 e. The van der Waals surface area contributed by atoms with E-state index in [-0.39, 0.29) is 11.2 Å². The summed E-state index contributed by atoms with van der Waals surface area (Å²) in [7, 11) is 1.60. The van der Waals surface area contributed by atoms with Gasteiger partial charge in [0.25, 0.3) is 0 Å². The molecule has 0 aliphatic heterocycles. The summed E-state index contributed by atoms with van der Waals surface area (Å²) in [4.78, 5) is 20.6. The first-order chi connectivity index (χ1) is 10.5. The molecule has 0 spiro atoms. The van der Waals surface area contributed by atoms with E-state index < -0.39 is 0 Å². The third-order valence-corrected chi connectivity index (χ3v) is 3.82. The monoisotopic (exact) mass is 318 g/mol. The third kappa shape index (κ3) is 4.36. The lowest BCUT2D eigenvalue weighted by Gasteiger charge is -2.12. The smallest absolute Gasteiger partial charge is 0.237 e. The zero-order valence-electron chi connectivity index (χ0n) is 12.7. The van der Waals surface area contributed by atoms with Crippen LogP contribution >= 0.6 is 11.8 Å². The van der Waals surface area contributed by atoms with Gasteiger partial charge >= 0.3 is 0 Å². The van der Waals surface area contributed by atoms with Crippen LogP contribution in [0, 0.1) is 6.92 Å². The summed E-state index contributed by atoms with van der Waals surface area (Å²) in [6.45, 7) is 3.63. The molecule has 0 saturated heterocycles. The van der Waals surface area contributed by atoms with E-state index in [1.165, 1.54) is 11.8 Å². The Balaban J connectivity index is 1.99. The second-order valence-corrected chi connectivity index (χ2v) is 6.00. The molecular weight excluding hydrogens is 300 g/mol. The van der Waals surface area contributed by atoms with E-state index in [0.717, 1.165) is 11.4 Å². The molecule has 2 aromatic rings. The first-order valence-corrected chi connectivity index (χ1v) is 7.58. The van der Waals surface area contributed by atoms with Gasteiger partial charge in [0.15, 0.2) is 5.16 Å². The van der Waals surface area contributed by atoms with Crippen LogP contribution in [0.4, 0.5) is 11.5 Å². The zero-order chi connectivity index (χ0) is 16.1. The number of nitrogen functional groups attached to an aromatic ring is 1. The molecule has 1 amide bonds. The number of nitrogens with one attached hydrogen (secondary N) is 1. The van der Waals surface area contributed by atoms with Crippen molar-refractivity contribution in [2.75, 3.05) is 18.2 Å². The molecular formula is C15H18N4O2S. The summed E-state index contributed by atoms with van der Waals surface area (Å²) >= 11 is 1.27. The lowest BCUT2D eigenvalue weighted by Crippen LogP contribution is -2.22. The number of benzene rings is 1. The molecule has 0 unspecified atom stereocenters. The maximum atomic E-state index is 12.2. The Kier molecular flexibility index (Phi) is 5.21. The summed E-state index contributed by atoms with van der Waals surface area (Å²) in [5.74, 6) is 1.01. The van der Waals surface area contributed by atoms with Crippen LogP contribution in [0.5, 0.6) is 5.75 Å². The fourth-order valence-corrected chi connectivity index (χ4v) is 2.58. The summed E-state index contributed by atoms with van der Waals surface area (Å²) in [5, 5.41) is 2.99. The van der Waals surface area contributed by atoms with Gasteiger partial charge < -0.3 is 15.8 Å². The van der Waals surface area contributed by atoms with E-state index >= 15 is 0 Å². The Morgan fingerprint density at radius 1 is 1.32 bits per heavy atom. The molecule has 22 heavy (non-hydrogen) atoms. The van der Waals surface area contributed by atoms with Crippen LogP contribution in [-0.4, -0.2) is 28.2 Å². The van der Waals surface area contributed by atoms with Crippen molar-refractivity contribution in [3.05, 3.63) is 36.0 Å².